The number of aliphatic carboxylic acids is 1. The number of aromatic nitrogens is 2. The Balaban J connectivity index is 2.09. The van der Waals surface area contributed by atoms with Gasteiger partial charge in [0.2, 0.25) is 5.91 Å². The van der Waals surface area contributed by atoms with Gasteiger partial charge in [0.15, 0.2) is 0 Å². The smallest absolute Gasteiger partial charge is 0.308 e. The molecule has 1 unspecified atom stereocenters. The molecule has 1 heterocycles. The molecule has 0 aliphatic heterocycles. The van der Waals surface area contributed by atoms with E-state index in [9.17, 15) is 9.59 Å². The number of benzene rings is 1. The van der Waals surface area contributed by atoms with Crippen LogP contribution >= 0.6 is 11.8 Å². The summed E-state index contributed by atoms with van der Waals surface area (Å²) in [6, 6.07) is 7.71. The van der Waals surface area contributed by atoms with Crippen LogP contribution in [0.25, 0.3) is 11.0 Å². The van der Waals surface area contributed by atoms with Crippen molar-refractivity contribution >= 4 is 34.7 Å². The second-order valence-electron chi connectivity index (χ2n) is 5.66. The number of nitrogens with one attached hydrogen (secondary N) is 1. The number of rotatable bonds is 9. The lowest BCUT2D eigenvalue weighted by molar-refractivity contribution is -0.141. The number of nitrogens with zero attached hydrogens (tertiary/aromatic N) is 2. The number of imidazole rings is 1. The van der Waals surface area contributed by atoms with E-state index in [4.69, 9.17) is 5.11 Å². The van der Waals surface area contributed by atoms with E-state index in [-0.39, 0.29) is 19.0 Å². The van der Waals surface area contributed by atoms with Crippen molar-refractivity contribution in [1.29, 1.82) is 0 Å². The fraction of sp³-hybridized carbons (Fsp3) is 0.471. The third kappa shape index (κ3) is 4.50. The van der Waals surface area contributed by atoms with Crippen LogP contribution < -0.4 is 5.32 Å². The minimum atomic E-state index is -0.867. The first-order valence-corrected chi connectivity index (χ1v) is 9.38. The first-order valence-electron chi connectivity index (χ1n) is 7.99. The van der Waals surface area contributed by atoms with Gasteiger partial charge in [-0.25, -0.2) is 4.98 Å². The van der Waals surface area contributed by atoms with Gasteiger partial charge in [-0.2, -0.15) is 11.8 Å². The van der Waals surface area contributed by atoms with E-state index in [2.05, 4.69) is 10.3 Å². The molecule has 0 fully saturated rings. The van der Waals surface area contributed by atoms with Gasteiger partial charge in [0.05, 0.1) is 22.7 Å². The molecule has 0 saturated heterocycles. The number of carbonyl (C=O) groups is 2. The Bertz CT molecular complexity index is 714. The monoisotopic (exact) mass is 349 g/mol. The minimum Gasteiger partial charge on any atom is -0.481 e. The molecule has 7 heteroatoms. The molecule has 1 aromatic heterocycles. The Morgan fingerprint density at radius 1 is 1.38 bits per heavy atom. The van der Waals surface area contributed by atoms with Crippen molar-refractivity contribution in [2.45, 2.75) is 32.1 Å². The summed E-state index contributed by atoms with van der Waals surface area (Å²) >= 11 is 1.65. The summed E-state index contributed by atoms with van der Waals surface area (Å²) in [5, 5.41) is 11.9. The predicted molar refractivity (Wildman–Crippen MR) is 96.0 cm³/mol. The topological polar surface area (TPSA) is 84.2 Å². The first kappa shape index (κ1) is 18.3. The molecule has 1 atom stereocenters. The Hall–Kier alpha value is -2.02. The zero-order valence-corrected chi connectivity index (χ0v) is 14.8. The first-order chi connectivity index (χ1) is 11.6. The van der Waals surface area contributed by atoms with Crippen molar-refractivity contribution < 1.29 is 14.7 Å². The quantitative estimate of drug-likeness (QED) is 0.727. The predicted octanol–water partition coefficient (Wildman–Crippen LogP) is 2.52. The largest absolute Gasteiger partial charge is 0.481 e. The molecule has 1 aromatic carbocycles. The molecule has 2 rings (SSSR count). The molecule has 0 saturated carbocycles. The fourth-order valence-electron chi connectivity index (χ4n) is 2.64. The van der Waals surface area contributed by atoms with E-state index in [1.54, 1.807) is 11.8 Å². The molecule has 0 bridgehead atoms. The van der Waals surface area contributed by atoms with Crippen molar-refractivity contribution in [1.82, 2.24) is 14.9 Å². The molecule has 0 radical (unpaired) electrons. The van der Waals surface area contributed by atoms with Crippen molar-refractivity contribution in [3.8, 4) is 0 Å². The van der Waals surface area contributed by atoms with Gasteiger partial charge in [-0.15, -0.1) is 0 Å². The maximum Gasteiger partial charge on any atom is 0.308 e. The Kier molecular flexibility index (Phi) is 6.66. The van der Waals surface area contributed by atoms with Gasteiger partial charge in [0.25, 0.3) is 0 Å². The molecule has 2 N–H and O–H groups in total. The number of carboxylic acid groups (broad SMARTS) is 1. The second-order valence-corrected chi connectivity index (χ2v) is 6.53. The molecule has 1 amide bonds. The van der Waals surface area contributed by atoms with E-state index in [1.807, 2.05) is 42.0 Å². The molecule has 0 aliphatic rings. The molecule has 6 nitrogen and oxygen atoms in total. The third-order valence-corrected chi connectivity index (χ3v) is 4.39. The summed E-state index contributed by atoms with van der Waals surface area (Å²) in [6.45, 7) is 2.24. The van der Waals surface area contributed by atoms with Gasteiger partial charge in [-0.1, -0.05) is 25.5 Å². The number of amides is 1. The lowest BCUT2D eigenvalue weighted by Crippen LogP contribution is -2.35. The number of para-hydroxylation sites is 2. The SMILES string of the molecule is CCCC(CNC(=O)Cn1c(CSC)nc2ccccc21)C(=O)O. The van der Waals surface area contributed by atoms with Crippen LogP contribution in [0.4, 0.5) is 0 Å². The van der Waals surface area contributed by atoms with Gasteiger partial charge >= 0.3 is 5.97 Å². The van der Waals surface area contributed by atoms with Crippen molar-refractivity contribution in [3.63, 3.8) is 0 Å². The molecule has 24 heavy (non-hydrogen) atoms. The number of carboxylic acids is 1. The van der Waals surface area contributed by atoms with Crippen LogP contribution in [0.5, 0.6) is 0 Å². The molecule has 0 aliphatic carbocycles. The summed E-state index contributed by atoms with van der Waals surface area (Å²) in [5.41, 5.74) is 1.78. The lowest BCUT2D eigenvalue weighted by atomic mass is 10.0. The Labute approximate surface area is 145 Å². The third-order valence-electron chi connectivity index (χ3n) is 3.84. The van der Waals surface area contributed by atoms with Crippen molar-refractivity contribution in [2.24, 2.45) is 5.92 Å². The maximum atomic E-state index is 12.3. The number of carbonyl (C=O) groups excluding carboxylic acids is 1. The van der Waals surface area contributed by atoms with Crippen LogP contribution in [0.3, 0.4) is 0 Å². The van der Waals surface area contributed by atoms with Crippen LogP contribution in [0.1, 0.15) is 25.6 Å². The number of hydrogen-bond acceptors (Lipinski definition) is 4. The van der Waals surface area contributed by atoms with E-state index in [0.29, 0.717) is 6.42 Å². The molecular weight excluding hydrogens is 326 g/mol. The summed E-state index contributed by atoms with van der Waals surface area (Å²) in [5.74, 6) is -0.0299. The average molecular weight is 349 g/mol. The zero-order valence-electron chi connectivity index (χ0n) is 14.0. The average Bonchev–Trinajstić information content (AvgIpc) is 2.89. The molecular formula is C17H23N3O3S. The fourth-order valence-corrected chi connectivity index (χ4v) is 3.12. The van der Waals surface area contributed by atoms with Crippen LogP contribution in [0, 0.1) is 5.92 Å². The van der Waals surface area contributed by atoms with Crippen molar-refractivity contribution in [3.05, 3.63) is 30.1 Å². The summed E-state index contributed by atoms with van der Waals surface area (Å²) in [6.07, 6.45) is 3.32. The van der Waals surface area contributed by atoms with Gasteiger partial charge in [-0.05, 0) is 24.8 Å². The van der Waals surface area contributed by atoms with E-state index in [1.165, 1.54) is 0 Å². The highest BCUT2D eigenvalue weighted by atomic mass is 32.2. The van der Waals surface area contributed by atoms with Crippen LogP contribution in [-0.4, -0.2) is 39.3 Å². The molecule has 2 aromatic rings. The Morgan fingerprint density at radius 3 is 2.79 bits per heavy atom. The maximum absolute atomic E-state index is 12.3. The number of fused-ring (bicyclic) bond motifs is 1. The highest BCUT2D eigenvalue weighted by Crippen LogP contribution is 2.18. The second kappa shape index (κ2) is 8.73. The van der Waals surface area contributed by atoms with Gasteiger partial charge < -0.3 is 15.0 Å². The van der Waals surface area contributed by atoms with Crippen molar-refractivity contribution in [2.75, 3.05) is 12.8 Å². The number of hydrogen-bond donors (Lipinski definition) is 2. The summed E-state index contributed by atoms with van der Waals surface area (Å²) in [7, 11) is 0. The zero-order chi connectivity index (χ0) is 17.5. The van der Waals surface area contributed by atoms with Crippen LogP contribution in [0.15, 0.2) is 24.3 Å². The Morgan fingerprint density at radius 2 is 2.12 bits per heavy atom. The van der Waals surface area contributed by atoms with Crippen LogP contribution in [-0.2, 0) is 21.9 Å². The summed E-state index contributed by atoms with van der Waals surface area (Å²) < 4.78 is 1.90. The van der Waals surface area contributed by atoms with E-state index in [0.717, 1.165) is 29.0 Å². The van der Waals surface area contributed by atoms with E-state index >= 15 is 0 Å². The van der Waals surface area contributed by atoms with E-state index < -0.39 is 11.9 Å². The highest BCUT2D eigenvalue weighted by Gasteiger charge is 2.18. The normalized spacial score (nSPS) is 12.2. The van der Waals surface area contributed by atoms with Gasteiger partial charge in [0, 0.05) is 6.54 Å². The highest BCUT2D eigenvalue weighted by molar-refractivity contribution is 7.97. The van der Waals surface area contributed by atoms with Gasteiger partial charge in [-0.3, -0.25) is 9.59 Å². The molecule has 130 valence electrons. The summed E-state index contributed by atoms with van der Waals surface area (Å²) in [4.78, 5) is 28.0. The molecule has 0 spiro atoms. The number of thioether (sulfide) groups is 1. The lowest BCUT2D eigenvalue weighted by Gasteiger charge is -2.13. The standard InChI is InChI=1S/C17H23N3O3S/c1-3-6-12(17(22)23)9-18-16(21)10-20-14-8-5-4-7-13(14)19-15(20)11-24-2/h4-5,7-8,12H,3,6,9-11H2,1-2H3,(H,18,21)(H,22,23). The van der Waals surface area contributed by atoms with Crippen LogP contribution in [0.2, 0.25) is 0 Å². The van der Waals surface area contributed by atoms with Gasteiger partial charge in [0.1, 0.15) is 12.4 Å². The minimum absolute atomic E-state index is 0.148.